The van der Waals surface area contributed by atoms with E-state index in [-0.39, 0.29) is 17.9 Å². The Hall–Kier alpha value is -0.770. The molecule has 2 atom stereocenters. The molecule has 1 amide bonds. The molecule has 1 aliphatic rings. The molecule has 1 rings (SSSR count). The highest BCUT2D eigenvalue weighted by molar-refractivity contribution is 5.67. The maximum atomic E-state index is 11.7. The summed E-state index contributed by atoms with van der Waals surface area (Å²) in [4.78, 5) is 13.3. The van der Waals surface area contributed by atoms with Gasteiger partial charge in [0.05, 0.1) is 0 Å². The van der Waals surface area contributed by atoms with Crippen LogP contribution in [0.2, 0.25) is 0 Å². The Bertz CT molecular complexity index is 332. The Kier molecular flexibility index (Phi) is 3.74. The zero-order valence-corrected chi connectivity index (χ0v) is 12.4. The van der Waals surface area contributed by atoms with Crippen LogP contribution in [0.1, 0.15) is 54.4 Å². The monoisotopic (exact) mass is 257 g/mol. The molecule has 1 saturated carbocycles. The molecule has 0 bridgehead atoms. The zero-order chi connectivity index (χ0) is 14.4. The van der Waals surface area contributed by atoms with E-state index in [2.05, 4.69) is 13.8 Å². The van der Waals surface area contributed by atoms with Crippen LogP contribution in [0.15, 0.2) is 0 Å². The van der Waals surface area contributed by atoms with E-state index in [9.17, 15) is 15.0 Å². The van der Waals surface area contributed by atoms with E-state index in [0.29, 0.717) is 0 Å². The van der Waals surface area contributed by atoms with Gasteiger partial charge in [-0.05, 0) is 51.9 Å². The Morgan fingerprint density at radius 3 is 2.11 bits per heavy atom. The first-order valence-electron chi connectivity index (χ1n) is 6.62. The van der Waals surface area contributed by atoms with Gasteiger partial charge in [-0.2, -0.15) is 0 Å². The van der Waals surface area contributed by atoms with E-state index in [1.54, 1.807) is 4.90 Å². The topological polar surface area (TPSA) is 60.8 Å². The second kappa shape index (κ2) is 4.41. The van der Waals surface area contributed by atoms with Crippen LogP contribution in [0.4, 0.5) is 4.79 Å². The van der Waals surface area contributed by atoms with Crippen molar-refractivity contribution < 1.29 is 15.0 Å². The van der Waals surface area contributed by atoms with Crippen molar-refractivity contribution in [1.82, 2.24) is 4.90 Å². The van der Waals surface area contributed by atoms with Crippen LogP contribution < -0.4 is 0 Å². The summed E-state index contributed by atoms with van der Waals surface area (Å²) in [5.74, 6) is 0.159. The number of aliphatic hydroxyl groups excluding tert-OH is 1. The van der Waals surface area contributed by atoms with Gasteiger partial charge in [0.25, 0.3) is 0 Å². The predicted octanol–water partition coefficient (Wildman–Crippen LogP) is 2.95. The fraction of sp³-hybridized carbons (Fsp3) is 0.929. The van der Waals surface area contributed by atoms with Crippen LogP contribution in [0.3, 0.4) is 0 Å². The Morgan fingerprint density at radius 1 is 1.33 bits per heavy atom. The number of rotatable bonds is 2. The van der Waals surface area contributed by atoms with Gasteiger partial charge in [-0.25, -0.2) is 4.79 Å². The van der Waals surface area contributed by atoms with Crippen LogP contribution >= 0.6 is 0 Å². The third kappa shape index (κ3) is 2.11. The smallest absolute Gasteiger partial charge is 0.408 e. The number of hydrogen-bond donors (Lipinski definition) is 2. The van der Waals surface area contributed by atoms with Crippen molar-refractivity contribution in [2.75, 3.05) is 6.61 Å². The number of carboxylic acid groups (broad SMARTS) is 1. The standard InChI is InChI=1S/C14H27NO3/c1-12(2,3)15(11(17)18)14(6)8-7-10(9-16)13(14,4)5/h10,16H,7-9H2,1-6H3,(H,17,18)/t10-,14-/m0/s1. The first-order chi connectivity index (χ1) is 7.98. The first-order valence-corrected chi connectivity index (χ1v) is 6.62. The van der Waals surface area contributed by atoms with Gasteiger partial charge in [0.2, 0.25) is 0 Å². The minimum atomic E-state index is -0.878. The Morgan fingerprint density at radius 2 is 1.83 bits per heavy atom. The molecule has 0 unspecified atom stereocenters. The van der Waals surface area contributed by atoms with E-state index in [4.69, 9.17) is 0 Å². The van der Waals surface area contributed by atoms with Crippen LogP contribution in [0.25, 0.3) is 0 Å². The SMILES string of the molecule is CC(C)(C)N(C(=O)O)[C@@]1(C)CC[C@@H](CO)C1(C)C. The molecule has 1 aliphatic carbocycles. The molecule has 4 heteroatoms. The Labute approximate surface area is 110 Å². The fourth-order valence-corrected chi connectivity index (χ4v) is 3.54. The largest absolute Gasteiger partial charge is 0.465 e. The fourth-order valence-electron chi connectivity index (χ4n) is 3.54. The van der Waals surface area contributed by atoms with Gasteiger partial charge in [-0.15, -0.1) is 0 Å². The molecule has 4 nitrogen and oxygen atoms in total. The summed E-state index contributed by atoms with van der Waals surface area (Å²) in [6, 6.07) is 0. The van der Waals surface area contributed by atoms with Crippen molar-refractivity contribution in [2.24, 2.45) is 11.3 Å². The number of carbonyl (C=O) groups is 1. The van der Waals surface area contributed by atoms with Crippen LogP contribution in [-0.2, 0) is 0 Å². The average molecular weight is 257 g/mol. The molecule has 0 aromatic rings. The summed E-state index contributed by atoms with van der Waals surface area (Å²) in [6.07, 6.45) is 0.797. The van der Waals surface area contributed by atoms with Gasteiger partial charge in [-0.1, -0.05) is 13.8 Å². The van der Waals surface area contributed by atoms with Crippen molar-refractivity contribution in [3.05, 3.63) is 0 Å². The van der Waals surface area contributed by atoms with Crippen molar-refractivity contribution in [1.29, 1.82) is 0 Å². The minimum absolute atomic E-state index is 0.125. The highest BCUT2D eigenvalue weighted by Gasteiger charge is 2.57. The summed E-state index contributed by atoms with van der Waals surface area (Å²) in [5.41, 5.74) is -1.11. The number of nitrogens with zero attached hydrogens (tertiary/aromatic N) is 1. The van der Waals surface area contributed by atoms with Crippen LogP contribution in [0, 0.1) is 11.3 Å². The van der Waals surface area contributed by atoms with Crippen molar-refractivity contribution in [3.8, 4) is 0 Å². The molecule has 0 aromatic heterocycles. The molecule has 0 radical (unpaired) electrons. The van der Waals surface area contributed by atoms with Crippen molar-refractivity contribution >= 4 is 6.09 Å². The van der Waals surface area contributed by atoms with Gasteiger partial charge in [0.15, 0.2) is 0 Å². The molecule has 0 heterocycles. The summed E-state index contributed by atoms with van der Waals surface area (Å²) in [6.45, 7) is 12.1. The minimum Gasteiger partial charge on any atom is -0.465 e. The van der Waals surface area contributed by atoms with E-state index >= 15 is 0 Å². The Balaban J connectivity index is 3.24. The summed E-state index contributed by atoms with van der Waals surface area (Å²) >= 11 is 0. The third-order valence-electron chi connectivity index (χ3n) is 4.96. The lowest BCUT2D eigenvalue weighted by Gasteiger charge is -2.53. The van der Waals surface area contributed by atoms with E-state index in [1.165, 1.54) is 0 Å². The second-order valence-electron chi connectivity index (χ2n) is 7.20. The van der Waals surface area contributed by atoms with Crippen molar-refractivity contribution in [3.63, 3.8) is 0 Å². The molecule has 0 aliphatic heterocycles. The van der Waals surface area contributed by atoms with E-state index in [1.807, 2.05) is 27.7 Å². The maximum Gasteiger partial charge on any atom is 0.408 e. The maximum absolute atomic E-state index is 11.7. The summed E-state index contributed by atoms with van der Waals surface area (Å²) in [7, 11) is 0. The number of amides is 1. The molecule has 106 valence electrons. The lowest BCUT2D eigenvalue weighted by Crippen LogP contribution is -2.63. The van der Waals surface area contributed by atoms with Crippen LogP contribution in [-0.4, -0.2) is 38.9 Å². The molecule has 0 spiro atoms. The lowest BCUT2D eigenvalue weighted by atomic mass is 9.69. The molecule has 0 saturated heterocycles. The molecule has 18 heavy (non-hydrogen) atoms. The van der Waals surface area contributed by atoms with Gasteiger partial charge >= 0.3 is 6.09 Å². The number of aliphatic hydroxyl groups is 1. The highest BCUT2D eigenvalue weighted by Crippen LogP contribution is 2.54. The average Bonchev–Trinajstić information content (AvgIpc) is 2.35. The zero-order valence-electron chi connectivity index (χ0n) is 12.4. The molecular weight excluding hydrogens is 230 g/mol. The van der Waals surface area contributed by atoms with E-state index < -0.39 is 17.2 Å². The first kappa shape index (κ1) is 15.3. The third-order valence-corrected chi connectivity index (χ3v) is 4.96. The summed E-state index contributed by atoms with van der Waals surface area (Å²) < 4.78 is 0. The van der Waals surface area contributed by atoms with Gasteiger partial charge in [0.1, 0.15) is 0 Å². The van der Waals surface area contributed by atoms with Gasteiger partial charge in [-0.3, -0.25) is 4.90 Å². The van der Waals surface area contributed by atoms with Gasteiger partial charge in [0, 0.05) is 17.7 Å². The lowest BCUT2D eigenvalue weighted by molar-refractivity contribution is -0.0421. The molecule has 1 fully saturated rings. The molecule has 0 aromatic carbocycles. The number of hydrogen-bond acceptors (Lipinski definition) is 2. The second-order valence-corrected chi connectivity index (χ2v) is 7.20. The van der Waals surface area contributed by atoms with E-state index in [0.717, 1.165) is 12.8 Å². The van der Waals surface area contributed by atoms with Crippen LogP contribution in [0.5, 0.6) is 0 Å². The predicted molar refractivity (Wildman–Crippen MR) is 71.6 cm³/mol. The normalized spacial score (nSPS) is 31.4. The van der Waals surface area contributed by atoms with Crippen molar-refractivity contribution in [2.45, 2.75) is 65.5 Å². The quantitative estimate of drug-likeness (QED) is 0.799. The molecule has 2 N–H and O–H groups in total. The molecular formula is C14H27NO3. The highest BCUT2D eigenvalue weighted by atomic mass is 16.4. The van der Waals surface area contributed by atoms with Gasteiger partial charge < -0.3 is 10.2 Å². The summed E-state index contributed by atoms with van der Waals surface area (Å²) in [5, 5.41) is 19.1.